The summed E-state index contributed by atoms with van der Waals surface area (Å²) < 4.78 is 0. The Bertz CT molecular complexity index is 445. The molecule has 1 aliphatic heterocycles. The van der Waals surface area contributed by atoms with Crippen LogP contribution in [0.1, 0.15) is 51.6 Å². The standard InChI is InChI=1S/C18H29ClN2/c1-4-20-17(15-8-5-6-9-16(15)19)10-13-21-12-7-11-18(2,3)14-21/h5-6,8-9,17,20H,4,7,10-14H2,1-3H3. The summed E-state index contributed by atoms with van der Waals surface area (Å²) in [4.78, 5) is 2.62. The topological polar surface area (TPSA) is 15.3 Å². The summed E-state index contributed by atoms with van der Waals surface area (Å²) in [5.41, 5.74) is 1.70. The van der Waals surface area contributed by atoms with E-state index >= 15 is 0 Å². The fourth-order valence-corrected chi connectivity index (χ4v) is 3.69. The third kappa shape index (κ3) is 4.98. The molecule has 2 rings (SSSR count). The second-order valence-corrected chi connectivity index (χ2v) is 7.37. The van der Waals surface area contributed by atoms with E-state index < -0.39 is 0 Å². The number of hydrogen-bond donors (Lipinski definition) is 1. The lowest BCUT2D eigenvalue weighted by molar-refractivity contribution is 0.113. The van der Waals surface area contributed by atoms with Crippen LogP contribution in [-0.2, 0) is 0 Å². The molecule has 1 aromatic rings. The average Bonchev–Trinajstić information content (AvgIpc) is 2.43. The van der Waals surface area contributed by atoms with Crippen molar-refractivity contribution in [3.8, 4) is 0 Å². The van der Waals surface area contributed by atoms with Crippen molar-refractivity contribution in [1.29, 1.82) is 0 Å². The number of nitrogens with one attached hydrogen (secondary N) is 1. The quantitative estimate of drug-likeness (QED) is 0.832. The molecule has 0 aliphatic carbocycles. The van der Waals surface area contributed by atoms with Crippen molar-refractivity contribution in [3.05, 3.63) is 34.9 Å². The number of rotatable bonds is 6. The van der Waals surface area contributed by atoms with Crippen molar-refractivity contribution in [2.75, 3.05) is 26.2 Å². The molecule has 0 saturated carbocycles. The van der Waals surface area contributed by atoms with Crippen LogP contribution in [0.4, 0.5) is 0 Å². The van der Waals surface area contributed by atoms with Crippen molar-refractivity contribution in [2.24, 2.45) is 5.41 Å². The van der Waals surface area contributed by atoms with Gasteiger partial charge >= 0.3 is 0 Å². The Labute approximate surface area is 134 Å². The third-order valence-corrected chi connectivity index (χ3v) is 4.79. The van der Waals surface area contributed by atoms with Gasteiger partial charge in [0.1, 0.15) is 0 Å². The molecule has 1 aromatic carbocycles. The monoisotopic (exact) mass is 308 g/mol. The first-order valence-corrected chi connectivity index (χ1v) is 8.60. The first-order valence-electron chi connectivity index (χ1n) is 8.22. The lowest BCUT2D eigenvalue weighted by Crippen LogP contribution is -2.41. The van der Waals surface area contributed by atoms with Crippen molar-refractivity contribution >= 4 is 11.6 Å². The highest BCUT2D eigenvalue weighted by Gasteiger charge is 2.26. The summed E-state index contributed by atoms with van der Waals surface area (Å²) in [5, 5.41) is 4.47. The van der Waals surface area contributed by atoms with Gasteiger partial charge in [-0.05, 0) is 55.9 Å². The van der Waals surface area contributed by atoms with Gasteiger partial charge in [-0.2, -0.15) is 0 Å². The highest BCUT2D eigenvalue weighted by atomic mass is 35.5. The maximum absolute atomic E-state index is 6.37. The van der Waals surface area contributed by atoms with Crippen LogP contribution >= 0.6 is 11.6 Å². The van der Waals surface area contributed by atoms with E-state index in [-0.39, 0.29) is 0 Å². The molecule has 0 aromatic heterocycles. The highest BCUT2D eigenvalue weighted by Crippen LogP contribution is 2.30. The van der Waals surface area contributed by atoms with Crippen LogP contribution in [0.5, 0.6) is 0 Å². The lowest BCUT2D eigenvalue weighted by atomic mass is 9.84. The molecular weight excluding hydrogens is 280 g/mol. The predicted molar refractivity (Wildman–Crippen MR) is 91.9 cm³/mol. The summed E-state index contributed by atoms with van der Waals surface area (Å²) in [6.45, 7) is 11.5. The van der Waals surface area contributed by atoms with Crippen LogP contribution in [0.3, 0.4) is 0 Å². The predicted octanol–water partition coefficient (Wildman–Crippen LogP) is 4.50. The SMILES string of the molecule is CCNC(CCN1CCCC(C)(C)C1)c1ccccc1Cl. The van der Waals surface area contributed by atoms with Crippen LogP contribution < -0.4 is 5.32 Å². The van der Waals surface area contributed by atoms with E-state index in [0.717, 1.165) is 24.5 Å². The summed E-state index contributed by atoms with van der Waals surface area (Å²) >= 11 is 6.37. The lowest BCUT2D eigenvalue weighted by Gasteiger charge is -2.38. The maximum Gasteiger partial charge on any atom is 0.0453 e. The van der Waals surface area contributed by atoms with Gasteiger partial charge in [-0.15, -0.1) is 0 Å². The molecule has 1 fully saturated rings. The molecule has 21 heavy (non-hydrogen) atoms. The molecule has 0 amide bonds. The Morgan fingerprint density at radius 1 is 1.33 bits per heavy atom. The normalized spacial score (nSPS) is 20.4. The molecule has 1 N–H and O–H groups in total. The summed E-state index contributed by atoms with van der Waals surface area (Å²) in [6.07, 6.45) is 3.79. The average molecular weight is 309 g/mol. The molecule has 1 heterocycles. The van der Waals surface area contributed by atoms with E-state index in [1.165, 1.54) is 31.5 Å². The van der Waals surface area contributed by atoms with E-state index in [0.29, 0.717) is 11.5 Å². The molecule has 1 aliphatic rings. The van der Waals surface area contributed by atoms with Gasteiger partial charge in [0.25, 0.3) is 0 Å². The van der Waals surface area contributed by atoms with E-state index in [1.807, 2.05) is 12.1 Å². The second kappa shape index (κ2) is 7.62. The largest absolute Gasteiger partial charge is 0.310 e. The Morgan fingerprint density at radius 3 is 2.76 bits per heavy atom. The van der Waals surface area contributed by atoms with Crippen molar-refractivity contribution in [3.63, 3.8) is 0 Å². The van der Waals surface area contributed by atoms with Gasteiger partial charge in [-0.25, -0.2) is 0 Å². The van der Waals surface area contributed by atoms with Crippen LogP contribution in [0.2, 0.25) is 5.02 Å². The Kier molecular flexibility index (Phi) is 6.09. The first kappa shape index (κ1) is 16.8. The fraction of sp³-hybridized carbons (Fsp3) is 0.667. The van der Waals surface area contributed by atoms with Crippen molar-refractivity contribution < 1.29 is 0 Å². The highest BCUT2D eigenvalue weighted by molar-refractivity contribution is 6.31. The molecule has 0 bridgehead atoms. The smallest absolute Gasteiger partial charge is 0.0453 e. The minimum absolute atomic E-state index is 0.355. The first-order chi connectivity index (χ1) is 10.0. The number of piperidine rings is 1. The summed E-state index contributed by atoms with van der Waals surface area (Å²) in [5.74, 6) is 0. The van der Waals surface area contributed by atoms with Crippen LogP contribution in [0.25, 0.3) is 0 Å². The number of hydrogen-bond acceptors (Lipinski definition) is 2. The molecule has 0 spiro atoms. The minimum atomic E-state index is 0.355. The van der Waals surface area contributed by atoms with Crippen LogP contribution in [-0.4, -0.2) is 31.1 Å². The van der Waals surface area contributed by atoms with Gasteiger partial charge in [0.15, 0.2) is 0 Å². The van der Waals surface area contributed by atoms with Gasteiger partial charge < -0.3 is 10.2 Å². The van der Waals surface area contributed by atoms with Gasteiger partial charge in [0.2, 0.25) is 0 Å². The van der Waals surface area contributed by atoms with Gasteiger partial charge in [-0.1, -0.05) is 50.6 Å². The number of likely N-dealkylation sites (tertiary alicyclic amines) is 1. The molecule has 2 nitrogen and oxygen atoms in total. The zero-order valence-corrected chi connectivity index (χ0v) is 14.4. The molecular formula is C18H29ClN2. The molecule has 0 radical (unpaired) electrons. The van der Waals surface area contributed by atoms with Crippen LogP contribution in [0, 0.1) is 5.41 Å². The zero-order chi connectivity index (χ0) is 15.3. The molecule has 1 saturated heterocycles. The summed E-state index contributed by atoms with van der Waals surface area (Å²) in [6, 6.07) is 8.58. The third-order valence-electron chi connectivity index (χ3n) is 4.44. The van der Waals surface area contributed by atoms with E-state index in [2.05, 4.69) is 43.1 Å². The zero-order valence-electron chi connectivity index (χ0n) is 13.7. The van der Waals surface area contributed by atoms with Crippen molar-refractivity contribution in [1.82, 2.24) is 10.2 Å². The summed E-state index contributed by atoms with van der Waals surface area (Å²) in [7, 11) is 0. The Hall–Kier alpha value is -0.570. The van der Waals surface area contributed by atoms with Crippen molar-refractivity contribution in [2.45, 2.75) is 46.1 Å². The van der Waals surface area contributed by atoms with E-state index in [4.69, 9.17) is 11.6 Å². The molecule has 1 unspecified atom stereocenters. The second-order valence-electron chi connectivity index (χ2n) is 6.96. The van der Waals surface area contributed by atoms with Gasteiger partial charge in [-0.3, -0.25) is 0 Å². The minimum Gasteiger partial charge on any atom is -0.310 e. The van der Waals surface area contributed by atoms with Gasteiger partial charge in [0, 0.05) is 17.6 Å². The molecule has 118 valence electrons. The number of halogens is 1. The number of nitrogens with zero attached hydrogens (tertiary/aromatic N) is 1. The molecule has 1 atom stereocenters. The van der Waals surface area contributed by atoms with Gasteiger partial charge in [0.05, 0.1) is 0 Å². The number of benzene rings is 1. The maximum atomic E-state index is 6.37. The Balaban J connectivity index is 1.96. The fourth-order valence-electron chi connectivity index (χ4n) is 3.42. The molecule has 3 heteroatoms. The van der Waals surface area contributed by atoms with E-state index in [9.17, 15) is 0 Å². The Morgan fingerprint density at radius 2 is 2.10 bits per heavy atom. The van der Waals surface area contributed by atoms with Crippen LogP contribution in [0.15, 0.2) is 24.3 Å². The van der Waals surface area contributed by atoms with E-state index in [1.54, 1.807) is 0 Å².